The van der Waals surface area contributed by atoms with E-state index in [2.05, 4.69) is 5.48 Å². The van der Waals surface area contributed by atoms with Gasteiger partial charge in [0.1, 0.15) is 5.78 Å². The lowest BCUT2D eigenvalue weighted by Crippen LogP contribution is -2.42. The Bertz CT molecular complexity index is 222. The van der Waals surface area contributed by atoms with E-state index < -0.39 is 0 Å². The minimum Gasteiger partial charge on any atom is -0.300 e. The second kappa shape index (κ2) is 3.46. The van der Waals surface area contributed by atoms with Crippen molar-refractivity contribution in [2.24, 2.45) is 5.92 Å². The maximum absolute atomic E-state index is 11.2. The van der Waals surface area contributed by atoms with E-state index >= 15 is 0 Å². The molecule has 0 aliphatic heterocycles. The molecule has 1 fully saturated rings. The van der Waals surface area contributed by atoms with E-state index in [0.717, 1.165) is 0 Å². The van der Waals surface area contributed by atoms with Crippen LogP contribution >= 0.6 is 0 Å². The quantitative estimate of drug-likeness (QED) is 0.648. The Morgan fingerprint density at radius 2 is 2.00 bits per heavy atom. The van der Waals surface area contributed by atoms with Gasteiger partial charge >= 0.3 is 0 Å². The molecule has 0 aromatic heterocycles. The number of Topliss-reactive ketones (excluding diaryl/α,β-unsaturated/α-hetero) is 1. The van der Waals surface area contributed by atoms with E-state index in [4.69, 9.17) is 4.84 Å². The van der Waals surface area contributed by atoms with Crippen LogP contribution in [0.2, 0.25) is 0 Å². The van der Waals surface area contributed by atoms with Gasteiger partial charge in [-0.1, -0.05) is 0 Å². The van der Waals surface area contributed by atoms with E-state index in [0.29, 0.717) is 12.8 Å². The maximum Gasteiger partial charge on any atom is 0.247 e. The number of hydrogen-bond acceptors (Lipinski definition) is 3. The van der Waals surface area contributed by atoms with E-state index in [9.17, 15) is 9.59 Å². The third kappa shape index (κ3) is 3.14. The van der Waals surface area contributed by atoms with Crippen molar-refractivity contribution in [3.63, 3.8) is 0 Å². The van der Waals surface area contributed by atoms with Gasteiger partial charge in [0.25, 0.3) is 0 Å². The van der Waals surface area contributed by atoms with Crippen molar-refractivity contribution >= 4 is 11.7 Å². The molecular formula is C9H15NO3. The zero-order valence-corrected chi connectivity index (χ0v) is 8.22. The lowest BCUT2D eigenvalue weighted by atomic mass is 9.83. The van der Waals surface area contributed by atoms with Gasteiger partial charge in [-0.2, -0.15) is 0 Å². The summed E-state index contributed by atoms with van der Waals surface area (Å²) in [4.78, 5) is 26.9. The molecule has 0 spiro atoms. The summed E-state index contributed by atoms with van der Waals surface area (Å²) < 4.78 is 0. The molecule has 0 unspecified atom stereocenters. The number of nitrogens with one attached hydrogen (secondary N) is 1. The minimum atomic E-state index is -0.385. The number of carbonyl (C=O) groups is 2. The summed E-state index contributed by atoms with van der Waals surface area (Å²) in [6.07, 6.45) is 0.721. The summed E-state index contributed by atoms with van der Waals surface area (Å²) >= 11 is 0. The number of rotatable bonds is 2. The number of ketones is 1. The van der Waals surface area contributed by atoms with Crippen LogP contribution in [-0.4, -0.2) is 17.3 Å². The lowest BCUT2D eigenvalue weighted by molar-refractivity contribution is -0.155. The summed E-state index contributed by atoms with van der Waals surface area (Å²) in [5, 5.41) is 0. The van der Waals surface area contributed by atoms with Crippen molar-refractivity contribution < 1.29 is 14.4 Å². The first-order chi connectivity index (χ1) is 5.88. The Hall–Kier alpha value is -0.900. The highest BCUT2D eigenvalue weighted by Gasteiger charge is 2.33. The Balaban J connectivity index is 2.23. The van der Waals surface area contributed by atoms with Gasteiger partial charge < -0.3 is 0 Å². The fraction of sp³-hybridized carbons (Fsp3) is 0.778. The molecule has 0 aromatic carbocycles. The van der Waals surface area contributed by atoms with Crippen LogP contribution in [-0.2, 0) is 14.4 Å². The number of hydroxylamine groups is 1. The molecule has 0 heterocycles. The molecule has 4 nitrogen and oxygen atoms in total. The van der Waals surface area contributed by atoms with Crippen LogP contribution in [0.15, 0.2) is 0 Å². The zero-order chi connectivity index (χ0) is 10.1. The average Bonchev–Trinajstić information content (AvgIpc) is 1.93. The Morgan fingerprint density at radius 3 is 2.38 bits per heavy atom. The van der Waals surface area contributed by atoms with Gasteiger partial charge in [0, 0.05) is 12.8 Å². The first kappa shape index (κ1) is 10.2. The van der Waals surface area contributed by atoms with Gasteiger partial charge in [-0.15, -0.1) is 0 Å². The molecule has 0 radical (unpaired) electrons. The average molecular weight is 185 g/mol. The second-order valence-electron chi connectivity index (χ2n) is 4.32. The van der Waals surface area contributed by atoms with Gasteiger partial charge in [-0.3, -0.25) is 14.4 Å². The second-order valence-corrected chi connectivity index (χ2v) is 4.32. The highest BCUT2D eigenvalue weighted by Crippen LogP contribution is 2.22. The summed E-state index contributed by atoms with van der Waals surface area (Å²) in [7, 11) is 0. The lowest BCUT2D eigenvalue weighted by Gasteiger charge is -2.25. The molecule has 13 heavy (non-hydrogen) atoms. The van der Waals surface area contributed by atoms with Crippen LogP contribution in [0.1, 0.15) is 33.6 Å². The van der Waals surface area contributed by atoms with Crippen LogP contribution in [0.5, 0.6) is 0 Å². The summed E-state index contributed by atoms with van der Waals surface area (Å²) in [6, 6.07) is 0. The molecular weight excluding hydrogens is 170 g/mol. The molecule has 74 valence electrons. The normalized spacial score (nSPS) is 18.2. The topological polar surface area (TPSA) is 55.4 Å². The van der Waals surface area contributed by atoms with Crippen molar-refractivity contribution in [1.29, 1.82) is 0 Å². The molecule has 4 heteroatoms. The van der Waals surface area contributed by atoms with Crippen LogP contribution < -0.4 is 5.48 Å². The monoisotopic (exact) mass is 185 g/mol. The Kier molecular flexibility index (Phi) is 2.71. The Labute approximate surface area is 77.6 Å². The molecule has 0 atom stereocenters. The van der Waals surface area contributed by atoms with Gasteiger partial charge in [-0.25, -0.2) is 5.48 Å². The molecule has 0 bridgehead atoms. The van der Waals surface area contributed by atoms with Crippen molar-refractivity contribution in [3.05, 3.63) is 0 Å². The summed E-state index contributed by atoms with van der Waals surface area (Å²) in [5.41, 5.74) is 1.97. The molecule has 1 saturated carbocycles. The van der Waals surface area contributed by atoms with E-state index in [1.165, 1.54) is 0 Å². The van der Waals surface area contributed by atoms with E-state index in [-0.39, 0.29) is 23.2 Å². The largest absolute Gasteiger partial charge is 0.300 e. The third-order valence-electron chi connectivity index (χ3n) is 1.78. The van der Waals surface area contributed by atoms with Gasteiger partial charge in [0.2, 0.25) is 5.91 Å². The van der Waals surface area contributed by atoms with E-state index in [1.54, 1.807) is 0 Å². The van der Waals surface area contributed by atoms with E-state index in [1.807, 2.05) is 20.8 Å². The predicted octanol–water partition coefficient (Wildman–Crippen LogP) is 0.812. The SMILES string of the molecule is CC(C)(C)ONC(=O)C1CC(=O)C1. The third-order valence-corrected chi connectivity index (χ3v) is 1.78. The fourth-order valence-electron chi connectivity index (χ4n) is 0.962. The molecule has 1 aliphatic carbocycles. The smallest absolute Gasteiger partial charge is 0.247 e. The standard InChI is InChI=1S/C9H15NO3/c1-9(2,3)13-10-8(12)6-4-7(11)5-6/h6H,4-5H2,1-3H3,(H,10,12). The first-order valence-electron chi connectivity index (χ1n) is 4.38. The van der Waals surface area contributed by atoms with Gasteiger partial charge in [-0.05, 0) is 20.8 Å². The van der Waals surface area contributed by atoms with Crippen LogP contribution in [0.4, 0.5) is 0 Å². The zero-order valence-electron chi connectivity index (χ0n) is 8.22. The number of hydrogen-bond donors (Lipinski definition) is 1. The maximum atomic E-state index is 11.2. The Morgan fingerprint density at radius 1 is 1.46 bits per heavy atom. The first-order valence-corrected chi connectivity index (χ1v) is 4.38. The van der Waals surface area contributed by atoms with Crippen molar-refractivity contribution in [1.82, 2.24) is 5.48 Å². The number of carbonyl (C=O) groups excluding carboxylic acids is 2. The fourth-order valence-corrected chi connectivity index (χ4v) is 0.962. The highest BCUT2D eigenvalue weighted by atomic mass is 16.7. The molecule has 1 amide bonds. The molecule has 1 N–H and O–H groups in total. The van der Waals surface area contributed by atoms with Crippen LogP contribution in [0.25, 0.3) is 0 Å². The van der Waals surface area contributed by atoms with Crippen molar-refractivity contribution in [2.75, 3.05) is 0 Å². The number of amides is 1. The minimum absolute atomic E-state index is 0.149. The van der Waals surface area contributed by atoms with Crippen molar-refractivity contribution in [3.8, 4) is 0 Å². The van der Waals surface area contributed by atoms with Crippen LogP contribution in [0.3, 0.4) is 0 Å². The molecule has 1 aliphatic rings. The van der Waals surface area contributed by atoms with Gasteiger partial charge in [0.05, 0.1) is 11.5 Å². The highest BCUT2D eigenvalue weighted by molar-refractivity contribution is 5.95. The van der Waals surface area contributed by atoms with Gasteiger partial charge in [0.15, 0.2) is 0 Å². The van der Waals surface area contributed by atoms with Crippen LogP contribution in [0, 0.1) is 5.92 Å². The molecule has 1 rings (SSSR count). The summed E-state index contributed by atoms with van der Waals surface area (Å²) in [6.45, 7) is 5.54. The summed E-state index contributed by atoms with van der Waals surface area (Å²) in [5.74, 6) is -0.208. The predicted molar refractivity (Wildman–Crippen MR) is 46.7 cm³/mol. The molecule has 0 saturated heterocycles. The van der Waals surface area contributed by atoms with Crippen molar-refractivity contribution in [2.45, 2.75) is 39.2 Å². The molecule has 0 aromatic rings.